The molecule has 0 bridgehead atoms. The number of fused-ring (bicyclic) bond motifs is 2. The van der Waals surface area contributed by atoms with E-state index in [2.05, 4.69) is 9.55 Å². The zero-order valence-corrected chi connectivity index (χ0v) is 11.5. The van der Waals surface area contributed by atoms with Gasteiger partial charge < -0.3 is 5.73 Å². The molecule has 1 aliphatic rings. The summed E-state index contributed by atoms with van der Waals surface area (Å²) in [5.41, 5.74) is 10.5. The van der Waals surface area contributed by atoms with Gasteiger partial charge in [-0.15, -0.1) is 0 Å². The van der Waals surface area contributed by atoms with Crippen LogP contribution < -0.4 is 11.2 Å². The summed E-state index contributed by atoms with van der Waals surface area (Å²) in [6.07, 6.45) is 4.50. The molecule has 0 saturated heterocycles. The van der Waals surface area contributed by atoms with Gasteiger partial charge in [-0.1, -0.05) is 6.07 Å². The number of nitrogen functional groups attached to an aromatic ring is 1. The summed E-state index contributed by atoms with van der Waals surface area (Å²) in [6.45, 7) is 0. The van der Waals surface area contributed by atoms with Gasteiger partial charge in [0.15, 0.2) is 5.43 Å². The van der Waals surface area contributed by atoms with Gasteiger partial charge in [-0.2, -0.15) is 0 Å². The van der Waals surface area contributed by atoms with Crippen molar-refractivity contribution in [2.24, 2.45) is 0 Å². The molecule has 2 N–H and O–H groups in total. The third kappa shape index (κ3) is 1.76. The fourth-order valence-electron chi connectivity index (χ4n) is 3.20. The molecule has 4 heteroatoms. The van der Waals surface area contributed by atoms with E-state index in [1.807, 2.05) is 36.4 Å². The highest BCUT2D eigenvalue weighted by atomic mass is 16.1. The molecule has 0 unspecified atom stereocenters. The highest BCUT2D eigenvalue weighted by Gasteiger charge is 2.22. The molecule has 0 amide bonds. The molecule has 0 atom stereocenters. The van der Waals surface area contributed by atoms with E-state index in [0.717, 1.165) is 36.2 Å². The predicted molar refractivity (Wildman–Crippen MR) is 83.8 cm³/mol. The van der Waals surface area contributed by atoms with Crippen molar-refractivity contribution < 1.29 is 0 Å². The van der Waals surface area contributed by atoms with E-state index in [4.69, 9.17) is 5.73 Å². The van der Waals surface area contributed by atoms with Crippen LogP contribution in [0.4, 0.5) is 5.69 Å². The molecule has 0 spiro atoms. The summed E-state index contributed by atoms with van der Waals surface area (Å²) in [5.74, 6) is 0. The van der Waals surface area contributed by atoms with Crippen molar-refractivity contribution >= 4 is 16.7 Å². The van der Waals surface area contributed by atoms with Crippen LogP contribution in [0, 0.1) is 0 Å². The van der Waals surface area contributed by atoms with Crippen molar-refractivity contribution in [3.63, 3.8) is 0 Å². The Labute approximate surface area is 121 Å². The minimum atomic E-state index is 0.130. The molecule has 4 rings (SSSR count). The number of pyridine rings is 2. The largest absolute Gasteiger partial charge is 0.399 e. The van der Waals surface area contributed by atoms with Gasteiger partial charge in [0.05, 0.1) is 5.39 Å². The summed E-state index contributed by atoms with van der Waals surface area (Å²) in [6, 6.07) is 11.4. The third-order valence-corrected chi connectivity index (χ3v) is 4.10. The van der Waals surface area contributed by atoms with Gasteiger partial charge in [-0.25, -0.2) is 4.98 Å². The van der Waals surface area contributed by atoms with Gasteiger partial charge in [0.25, 0.3) is 0 Å². The highest BCUT2D eigenvalue weighted by molar-refractivity contribution is 5.78. The smallest absolute Gasteiger partial charge is 0.194 e. The number of aromatic nitrogens is 2. The molecule has 21 heavy (non-hydrogen) atoms. The SMILES string of the molecule is Nc1cccc(-n2c3c(c(=O)c4cccnc42)CCC3)c1. The Balaban J connectivity index is 2.18. The molecule has 0 saturated carbocycles. The molecule has 0 radical (unpaired) electrons. The van der Waals surface area contributed by atoms with E-state index < -0.39 is 0 Å². The second kappa shape index (κ2) is 4.45. The lowest BCUT2D eigenvalue weighted by atomic mass is 10.1. The van der Waals surface area contributed by atoms with Crippen LogP contribution in [-0.4, -0.2) is 9.55 Å². The van der Waals surface area contributed by atoms with Crippen molar-refractivity contribution in [2.45, 2.75) is 19.3 Å². The first kappa shape index (κ1) is 12.1. The van der Waals surface area contributed by atoms with E-state index in [-0.39, 0.29) is 5.43 Å². The second-order valence-electron chi connectivity index (χ2n) is 5.41. The van der Waals surface area contributed by atoms with Gasteiger partial charge >= 0.3 is 0 Å². The maximum absolute atomic E-state index is 12.6. The van der Waals surface area contributed by atoms with Crippen molar-refractivity contribution in [1.82, 2.24) is 9.55 Å². The second-order valence-corrected chi connectivity index (χ2v) is 5.41. The zero-order chi connectivity index (χ0) is 14.4. The summed E-state index contributed by atoms with van der Waals surface area (Å²) in [5, 5.41) is 0.681. The van der Waals surface area contributed by atoms with Crippen molar-refractivity contribution in [2.75, 3.05) is 5.73 Å². The Hall–Kier alpha value is -2.62. The van der Waals surface area contributed by atoms with Crippen LogP contribution in [0.2, 0.25) is 0 Å². The maximum Gasteiger partial charge on any atom is 0.194 e. The number of nitrogens with two attached hydrogens (primary N) is 1. The van der Waals surface area contributed by atoms with E-state index in [9.17, 15) is 4.79 Å². The Morgan fingerprint density at radius 1 is 1.14 bits per heavy atom. The molecule has 1 aliphatic carbocycles. The molecule has 0 fully saturated rings. The Kier molecular flexibility index (Phi) is 2.57. The number of anilines is 1. The fraction of sp³-hybridized carbons (Fsp3) is 0.176. The van der Waals surface area contributed by atoms with E-state index >= 15 is 0 Å². The molecule has 0 aliphatic heterocycles. The monoisotopic (exact) mass is 277 g/mol. The number of hydrogen-bond acceptors (Lipinski definition) is 3. The van der Waals surface area contributed by atoms with Crippen LogP contribution >= 0.6 is 0 Å². The summed E-state index contributed by atoms with van der Waals surface area (Å²) >= 11 is 0. The number of rotatable bonds is 1. The van der Waals surface area contributed by atoms with Gasteiger partial charge in [0.1, 0.15) is 5.65 Å². The Morgan fingerprint density at radius 2 is 2.05 bits per heavy atom. The maximum atomic E-state index is 12.6. The van der Waals surface area contributed by atoms with Crippen LogP contribution in [0.25, 0.3) is 16.7 Å². The lowest BCUT2D eigenvalue weighted by molar-refractivity contribution is 0.874. The normalized spacial score (nSPS) is 13.5. The van der Waals surface area contributed by atoms with Crippen LogP contribution in [0.3, 0.4) is 0 Å². The first-order valence-electron chi connectivity index (χ1n) is 7.13. The molecule has 1 aromatic carbocycles. The van der Waals surface area contributed by atoms with E-state index in [0.29, 0.717) is 16.7 Å². The van der Waals surface area contributed by atoms with Gasteiger partial charge in [0, 0.05) is 28.8 Å². The van der Waals surface area contributed by atoms with Crippen LogP contribution in [0.1, 0.15) is 17.7 Å². The van der Waals surface area contributed by atoms with Crippen LogP contribution in [0.15, 0.2) is 47.4 Å². The van der Waals surface area contributed by atoms with Crippen LogP contribution in [-0.2, 0) is 12.8 Å². The van der Waals surface area contributed by atoms with Gasteiger partial charge in [0.2, 0.25) is 0 Å². The number of hydrogen-bond donors (Lipinski definition) is 1. The van der Waals surface area contributed by atoms with Crippen LogP contribution in [0.5, 0.6) is 0 Å². The molecular formula is C17H15N3O. The fourth-order valence-corrected chi connectivity index (χ4v) is 3.20. The minimum absolute atomic E-state index is 0.130. The van der Waals surface area contributed by atoms with Crippen molar-refractivity contribution in [1.29, 1.82) is 0 Å². The average Bonchev–Trinajstić information content (AvgIpc) is 2.97. The first-order valence-corrected chi connectivity index (χ1v) is 7.13. The van der Waals surface area contributed by atoms with Gasteiger partial charge in [-0.05, 0) is 49.6 Å². The quantitative estimate of drug-likeness (QED) is 0.695. The topological polar surface area (TPSA) is 60.9 Å². The highest BCUT2D eigenvalue weighted by Crippen LogP contribution is 2.27. The summed E-state index contributed by atoms with van der Waals surface area (Å²) in [7, 11) is 0. The van der Waals surface area contributed by atoms with Gasteiger partial charge in [-0.3, -0.25) is 9.36 Å². The predicted octanol–water partition coefficient (Wildman–Crippen LogP) is 2.46. The zero-order valence-electron chi connectivity index (χ0n) is 11.5. The standard InChI is InChI=1S/C17H15N3O/c18-11-4-1-5-12(10-11)20-15-8-2-6-13(15)16(21)14-7-3-9-19-17(14)20/h1,3-5,7,9-10H,2,6,8,18H2. The third-order valence-electron chi connectivity index (χ3n) is 4.10. The van der Waals surface area contributed by atoms with E-state index in [1.165, 1.54) is 0 Å². The lowest BCUT2D eigenvalue weighted by Gasteiger charge is -2.16. The molecule has 2 aromatic heterocycles. The molecule has 104 valence electrons. The minimum Gasteiger partial charge on any atom is -0.399 e. The van der Waals surface area contributed by atoms with Crippen molar-refractivity contribution in [3.8, 4) is 5.69 Å². The Morgan fingerprint density at radius 3 is 2.90 bits per heavy atom. The molecular weight excluding hydrogens is 262 g/mol. The van der Waals surface area contributed by atoms with E-state index in [1.54, 1.807) is 6.20 Å². The average molecular weight is 277 g/mol. The molecule has 4 nitrogen and oxygen atoms in total. The summed E-state index contributed by atoms with van der Waals surface area (Å²) < 4.78 is 2.09. The summed E-state index contributed by atoms with van der Waals surface area (Å²) in [4.78, 5) is 17.0. The molecule has 3 aromatic rings. The van der Waals surface area contributed by atoms with Crippen molar-refractivity contribution in [3.05, 3.63) is 64.1 Å². The number of nitrogens with zero attached hydrogens (tertiary/aromatic N) is 2. The lowest BCUT2D eigenvalue weighted by Crippen LogP contribution is -2.17. The first-order chi connectivity index (χ1) is 10.3. The molecule has 2 heterocycles. The Bertz CT molecular complexity index is 912. The number of benzene rings is 1.